The first-order valence-electron chi connectivity index (χ1n) is 9.21. The summed E-state index contributed by atoms with van der Waals surface area (Å²) in [6.45, 7) is 1.89. The van der Waals surface area contributed by atoms with E-state index in [1.54, 1.807) is 43.4 Å². The van der Waals surface area contributed by atoms with Gasteiger partial charge in [0.05, 0.1) is 16.4 Å². The molecule has 7 heteroatoms. The van der Waals surface area contributed by atoms with Crippen LogP contribution >= 0.6 is 22.9 Å². The van der Waals surface area contributed by atoms with E-state index >= 15 is 0 Å². The average Bonchev–Trinajstić information content (AvgIpc) is 3.16. The van der Waals surface area contributed by atoms with Gasteiger partial charge in [-0.1, -0.05) is 59.6 Å². The number of esters is 1. The molecule has 3 aromatic rings. The van der Waals surface area contributed by atoms with Crippen molar-refractivity contribution >= 4 is 40.6 Å². The van der Waals surface area contributed by atoms with Crippen LogP contribution < -0.4 is 0 Å². The first-order valence-corrected chi connectivity index (χ1v) is 10.4. The summed E-state index contributed by atoms with van der Waals surface area (Å²) in [6, 6.07) is 17.1. The Balaban J connectivity index is 1.66. The van der Waals surface area contributed by atoms with Crippen LogP contribution in [-0.2, 0) is 16.1 Å². The highest BCUT2D eigenvalue weighted by atomic mass is 35.5. The molecule has 0 radical (unpaired) electrons. The van der Waals surface area contributed by atoms with Crippen LogP contribution in [0.4, 0.5) is 0 Å². The van der Waals surface area contributed by atoms with E-state index in [1.807, 2.05) is 25.1 Å². The molecule has 0 unspecified atom stereocenters. The molecule has 1 amide bonds. The highest BCUT2D eigenvalue weighted by molar-refractivity contribution is 7.16. The number of benzene rings is 2. The normalized spacial score (nSPS) is 10.5. The highest BCUT2D eigenvalue weighted by Gasteiger charge is 2.20. The summed E-state index contributed by atoms with van der Waals surface area (Å²) in [5, 5.41) is 0. The van der Waals surface area contributed by atoms with Crippen molar-refractivity contribution in [3.8, 4) is 0 Å². The standard InChI is InChI=1S/C23H20ClNO4S/c1-15-7-9-16(10-8-15)22(27)18-5-3-4-6-19(18)23(28)29-14-21(26)25(2)13-17-11-12-20(24)30-17/h3-12H,13-14H2,1-2H3. The molecule has 154 valence electrons. The second-order valence-electron chi connectivity index (χ2n) is 6.77. The Morgan fingerprint density at radius 1 is 0.967 bits per heavy atom. The van der Waals surface area contributed by atoms with Gasteiger partial charge in [0.2, 0.25) is 0 Å². The lowest BCUT2D eigenvalue weighted by Crippen LogP contribution is -2.30. The van der Waals surface area contributed by atoms with Gasteiger partial charge in [-0.05, 0) is 25.1 Å². The molecular weight excluding hydrogens is 422 g/mol. The molecule has 3 rings (SSSR count). The lowest BCUT2D eigenvalue weighted by atomic mass is 9.98. The van der Waals surface area contributed by atoms with Crippen LogP contribution in [0.1, 0.15) is 36.7 Å². The minimum Gasteiger partial charge on any atom is -0.452 e. The predicted octanol–water partition coefficient (Wildman–Crippen LogP) is 4.76. The minimum absolute atomic E-state index is 0.128. The van der Waals surface area contributed by atoms with Crippen LogP contribution in [0, 0.1) is 6.92 Å². The third kappa shape index (κ3) is 5.34. The van der Waals surface area contributed by atoms with Gasteiger partial charge in [0, 0.05) is 23.1 Å². The van der Waals surface area contributed by atoms with Gasteiger partial charge < -0.3 is 9.64 Å². The van der Waals surface area contributed by atoms with E-state index in [2.05, 4.69) is 0 Å². The van der Waals surface area contributed by atoms with Crippen molar-refractivity contribution in [2.75, 3.05) is 13.7 Å². The van der Waals surface area contributed by atoms with Gasteiger partial charge in [-0.25, -0.2) is 4.79 Å². The third-order valence-electron chi connectivity index (χ3n) is 4.48. The number of hydrogen-bond acceptors (Lipinski definition) is 5. The molecular formula is C23H20ClNO4S. The molecule has 5 nitrogen and oxygen atoms in total. The number of ketones is 1. The maximum Gasteiger partial charge on any atom is 0.339 e. The first-order chi connectivity index (χ1) is 14.3. The number of carbonyl (C=O) groups excluding carboxylic acids is 3. The van der Waals surface area contributed by atoms with E-state index in [0.29, 0.717) is 16.4 Å². The topological polar surface area (TPSA) is 63.7 Å². The van der Waals surface area contributed by atoms with Crippen molar-refractivity contribution in [2.24, 2.45) is 0 Å². The molecule has 0 aliphatic carbocycles. The third-order valence-corrected chi connectivity index (χ3v) is 5.70. The highest BCUT2D eigenvalue weighted by Crippen LogP contribution is 2.22. The Bertz CT molecular complexity index is 1070. The molecule has 0 saturated carbocycles. The van der Waals surface area contributed by atoms with Crippen molar-refractivity contribution < 1.29 is 19.1 Å². The molecule has 0 aliphatic rings. The molecule has 0 aliphatic heterocycles. The molecule has 1 heterocycles. The van der Waals surface area contributed by atoms with Crippen LogP contribution in [0.3, 0.4) is 0 Å². The monoisotopic (exact) mass is 441 g/mol. The fourth-order valence-corrected chi connectivity index (χ4v) is 3.93. The largest absolute Gasteiger partial charge is 0.452 e. The summed E-state index contributed by atoms with van der Waals surface area (Å²) in [4.78, 5) is 40.1. The fraction of sp³-hybridized carbons (Fsp3) is 0.174. The number of amides is 1. The smallest absolute Gasteiger partial charge is 0.339 e. The summed E-state index contributed by atoms with van der Waals surface area (Å²) >= 11 is 7.29. The second-order valence-corrected chi connectivity index (χ2v) is 8.57. The van der Waals surface area contributed by atoms with Crippen LogP contribution in [0.15, 0.2) is 60.7 Å². The molecule has 0 atom stereocenters. The van der Waals surface area contributed by atoms with E-state index in [9.17, 15) is 14.4 Å². The average molecular weight is 442 g/mol. The van der Waals surface area contributed by atoms with Gasteiger partial charge in [0.25, 0.3) is 5.91 Å². The molecule has 0 saturated heterocycles. The quantitative estimate of drug-likeness (QED) is 0.392. The number of ether oxygens (including phenoxy) is 1. The van der Waals surface area contributed by atoms with Crippen molar-refractivity contribution in [3.63, 3.8) is 0 Å². The van der Waals surface area contributed by atoms with Gasteiger partial charge in [0.15, 0.2) is 12.4 Å². The second kappa shape index (κ2) is 9.69. The zero-order valence-corrected chi connectivity index (χ0v) is 18.1. The summed E-state index contributed by atoms with van der Waals surface area (Å²) in [6.07, 6.45) is 0. The number of rotatable bonds is 7. The Kier molecular flexibility index (Phi) is 7.03. The van der Waals surface area contributed by atoms with E-state index < -0.39 is 12.6 Å². The molecule has 0 spiro atoms. The predicted molar refractivity (Wildman–Crippen MR) is 117 cm³/mol. The van der Waals surface area contributed by atoms with E-state index in [-0.39, 0.29) is 22.8 Å². The number of hydrogen-bond donors (Lipinski definition) is 0. The molecule has 0 fully saturated rings. The van der Waals surface area contributed by atoms with Gasteiger partial charge in [-0.2, -0.15) is 0 Å². The molecule has 30 heavy (non-hydrogen) atoms. The molecule has 1 aromatic heterocycles. The Labute approximate surface area is 183 Å². The van der Waals surface area contributed by atoms with Crippen LogP contribution in [0.25, 0.3) is 0 Å². The van der Waals surface area contributed by atoms with Gasteiger partial charge >= 0.3 is 5.97 Å². The van der Waals surface area contributed by atoms with E-state index in [0.717, 1.165) is 10.4 Å². The van der Waals surface area contributed by atoms with Gasteiger partial charge in [-0.3, -0.25) is 9.59 Å². The summed E-state index contributed by atoms with van der Waals surface area (Å²) in [7, 11) is 1.62. The lowest BCUT2D eigenvalue weighted by Gasteiger charge is -2.16. The van der Waals surface area contributed by atoms with Crippen molar-refractivity contribution in [1.29, 1.82) is 0 Å². The Morgan fingerprint density at radius 2 is 1.63 bits per heavy atom. The SMILES string of the molecule is Cc1ccc(C(=O)c2ccccc2C(=O)OCC(=O)N(C)Cc2ccc(Cl)s2)cc1. The van der Waals surface area contributed by atoms with Crippen molar-refractivity contribution in [1.82, 2.24) is 4.90 Å². The summed E-state index contributed by atoms with van der Waals surface area (Å²) in [5.41, 5.74) is 1.88. The maximum atomic E-state index is 12.8. The fourth-order valence-electron chi connectivity index (χ4n) is 2.79. The van der Waals surface area contributed by atoms with Crippen LogP contribution in [-0.4, -0.2) is 36.2 Å². The number of aryl methyl sites for hydroxylation is 1. The Hall–Kier alpha value is -2.96. The number of likely N-dealkylation sites (N-methyl/N-ethyl adjacent to an activating group) is 1. The first kappa shape index (κ1) is 21.7. The van der Waals surface area contributed by atoms with Crippen molar-refractivity contribution in [3.05, 3.63) is 92.1 Å². The number of thiophene rings is 1. The van der Waals surface area contributed by atoms with Crippen molar-refractivity contribution in [2.45, 2.75) is 13.5 Å². The summed E-state index contributed by atoms with van der Waals surface area (Å²) < 4.78 is 5.84. The zero-order chi connectivity index (χ0) is 21.7. The number of carbonyl (C=O) groups is 3. The Morgan fingerprint density at radius 3 is 2.27 bits per heavy atom. The van der Waals surface area contributed by atoms with E-state index in [1.165, 1.54) is 22.3 Å². The minimum atomic E-state index is -0.716. The van der Waals surface area contributed by atoms with Gasteiger partial charge in [0.1, 0.15) is 0 Å². The lowest BCUT2D eigenvalue weighted by molar-refractivity contribution is -0.133. The van der Waals surface area contributed by atoms with Crippen LogP contribution in [0.2, 0.25) is 4.34 Å². The number of halogens is 1. The van der Waals surface area contributed by atoms with Gasteiger partial charge in [-0.15, -0.1) is 11.3 Å². The molecule has 2 aromatic carbocycles. The van der Waals surface area contributed by atoms with E-state index in [4.69, 9.17) is 16.3 Å². The number of nitrogens with zero attached hydrogens (tertiary/aromatic N) is 1. The summed E-state index contributed by atoms with van der Waals surface area (Å²) in [5.74, 6) is -1.34. The molecule has 0 N–H and O–H groups in total. The molecule has 0 bridgehead atoms. The maximum absolute atomic E-state index is 12.8. The zero-order valence-electron chi connectivity index (χ0n) is 16.6. The van der Waals surface area contributed by atoms with Crippen LogP contribution in [0.5, 0.6) is 0 Å².